The molecule has 0 bridgehead atoms. The van der Waals surface area contributed by atoms with Gasteiger partial charge in [0.2, 0.25) is 4.77 Å². The smallest absolute Gasteiger partial charge is 0.216 e. The maximum atomic E-state index is 5.75. The van der Waals surface area contributed by atoms with Crippen molar-refractivity contribution < 1.29 is 9.47 Å². The first-order valence-electron chi connectivity index (χ1n) is 8.71. The standard InChI is InChI=1S/C18H26N4O2S/c1-4-6-8-17-20-21-18(25)22(17)19-13-14-9-10-15(16(12-14)23-3)24-11-7-5-2/h9-10,12-13H,4-8,11H2,1-3H3,(H,21,25)/b19-13-. The Morgan fingerprint density at radius 2 is 2.04 bits per heavy atom. The molecule has 0 spiro atoms. The van der Waals surface area contributed by atoms with Gasteiger partial charge in [0.25, 0.3) is 0 Å². The van der Waals surface area contributed by atoms with Crippen molar-refractivity contribution in [1.29, 1.82) is 0 Å². The summed E-state index contributed by atoms with van der Waals surface area (Å²) in [5, 5.41) is 11.5. The number of ether oxygens (including phenoxy) is 2. The van der Waals surface area contributed by atoms with Crippen LogP contribution in [0, 0.1) is 4.77 Å². The van der Waals surface area contributed by atoms with Gasteiger partial charge < -0.3 is 9.47 Å². The fraction of sp³-hybridized carbons (Fsp3) is 0.500. The van der Waals surface area contributed by atoms with E-state index in [0.29, 0.717) is 17.1 Å². The first-order valence-corrected chi connectivity index (χ1v) is 9.11. The molecule has 1 aromatic heterocycles. The number of unbranched alkanes of at least 4 members (excludes halogenated alkanes) is 2. The number of aromatic nitrogens is 3. The van der Waals surface area contributed by atoms with Gasteiger partial charge in [0, 0.05) is 6.42 Å². The van der Waals surface area contributed by atoms with Gasteiger partial charge in [-0.25, -0.2) is 0 Å². The zero-order valence-corrected chi connectivity index (χ0v) is 15.9. The molecule has 0 aliphatic rings. The van der Waals surface area contributed by atoms with E-state index >= 15 is 0 Å². The molecule has 0 fully saturated rings. The van der Waals surface area contributed by atoms with Crippen LogP contribution in [0.5, 0.6) is 11.5 Å². The fourth-order valence-corrected chi connectivity index (χ4v) is 2.47. The van der Waals surface area contributed by atoms with Crippen molar-refractivity contribution in [3.05, 3.63) is 34.4 Å². The molecule has 1 aromatic carbocycles. The van der Waals surface area contributed by atoms with Crippen LogP contribution >= 0.6 is 12.2 Å². The average molecular weight is 362 g/mol. The first-order chi connectivity index (χ1) is 12.2. The second-order valence-corrected chi connectivity index (χ2v) is 6.10. The van der Waals surface area contributed by atoms with E-state index in [0.717, 1.165) is 49.2 Å². The van der Waals surface area contributed by atoms with Gasteiger partial charge in [-0.15, -0.1) is 0 Å². The lowest BCUT2D eigenvalue weighted by Gasteiger charge is -2.10. The summed E-state index contributed by atoms with van der Waals surface area (Å²) >= 11 is 5.25. The predicted molar refractivity (Wildman–Crippen MR) is 102 cm³/mol. The summed E-state index contributed by atoms with van der Waals surface area (Å²) in [4.78, 5) is 0. The Morgan fingerprint density at radius 1 is 1.24 bits per heavy atom. The van der Waals surface area contributed by atoms with Gasteiger partial charge in [-0.05, 0) is 48.8 Å². The molecule has 1 heterocycles. The Bertz CT molecular complexity index is 752. The van der Waals surface area contributed by atoms with Gasteiger partial charge >= 0.3 is 0 Å². The number of benzene rings is 1. The Hall–Kier alpha value is -2.15. The molecule has 6 nitrogen and oxygen atoms in total. The molecular weight excluding hydrogens is 336 g/mol. The first kappa shape index (κ1) is 19.2. The Kier molecular flexibility index (Phi) is 7.66. The molecule has 0 saturated carbocycles. The largest absolute Gasteiger partial charge is 0.493 e. The maximum absolute atomic E-state index is 5.75. The average Bonchev–Trinajstić information content (AvgIpc) is 2.98. The van der Waals surface area contributed by atoms with Gasteiger partial charge in [-0.1, -0.05) is 26.7 Å². The quantitative estimate of drug-likeness (QED) is 0.388. The van der Waals surface area contributed by atoms with E-state index in [-0.39, 0.29) is 0 Å². The van der Waals surface area contributed by atoms with Crippen molar-refractivity contribution in [3.8, 4) is 11.5 Å². The molecule has 7 heteroatoms. The summed E-state index contributed by atoms with van der Waals surface area (Å²) in [5.74, 6) is 2.29. The topological polar surface area (TPSA) is 64.4 Å². The number of nitrogens with zero attached hydrogens (tertiary/aromatic N) is 3. The van der Waals surface area contributed by atoms with E-state index in [9.17, 15) is 0 Å². The Balaban J connectivity index is 2.16. The fourth-order valence-electron chi connectivity index (χ4n) is 2.27. The summed E-state index contributed by atoms with van der Waals surface area (Å²) in [5.41, 5.74) is 0.907. The minimum atomic E-state index is 0.494. The maximum Gasteiger partial charge on any atom is 0.216 e. The molecule has 2 aromatic rings. The van der Waals surface area contributed by atoms with Crippen LogP contribution in [-0.4, -0.2) is 34.8 Å². The van der Waals surface area contributed by atoms with Crippen molar-refractivity contribution in [3.63, 3.8) is 0 Å². The highest BCUT2D eigenvalue weighted by molar-refractivity contribution is 7.71. The lowest BCUT2D eigenvalue weighted by molar-refractivity contribution is 0.288. The number of aryl methyl sites for hydroxylation is 1. The Labute approximate surface area is 153 Å². The van der Waals surface area contributed by atoms with Crippen molar-refractivity contribution in [2.45, 2.75) is 46.0 Å². The van der Waals surface area contributed by atoms with E-state index in [2.05, 4.69) is 29.1 Å². The number of rotatable bonds is 10. The van der Waals surface area contributed by atoms with E-state index < -0.39 is 0 Å². The van der Waals surface area contributed by atoms with Crippen molar-refractivity contribution in [2.24, 2.45) is 5.10 Å². The summed E-state index contributed by atoms with van der Waals surface area (Å²) in [6.07, 6.45) is 6.85. The predicted octanol–water partition coefficient (Wildman–Crippen LogP) is 4.35. The van der Waals surface area contributed by atoms with Crippen LogP contribution in [0.3, 0.4) is 0 Å². The summed E-state index contributed by atoms with van der Waals surface area (Å²) in [7, 11) is 1.64. The van der Waals surface area contributed by atoms with Crippen LogP contribution in [0.25, 0.3) is 0 Å². The molecule has 0 radical (unpaired) electrons. The number of nitrogens with one attached hydrogen (secondary N) is 1. The number of methoxy groups -OCH3 is 1. The van der Waals surface area contributed by atoms with E-state index in [1.807, 2.05) is 18.2 Å². The van der Waals surface area contributed by atoms with Crippen molar-refractivity contribution in [2.75, 3.05) is 13.7 Å². The van der Waals surface area contributed by atoms with Crippen LogP contribution in [0.1, 0.15) is 50.9 Å². The van der Waals surface area contributed by atoms with Crippen molar-refractivity contribution in [1.82, 2.24) is 14.9 Å². The highest BCUT2D eigenvalue weighted by atomic mass is 32.1. The third-order valence-electron chi connectivity index (χ3n) is 3.74. The summed E-state index contributed by atoms with van der Waals surface area (Å²) in [6, 6.07) is 5.76. The second kappa shape index (κ2) is 9.98. The van der Waals surface area contributed by atoms with Gasteiger partial charge in [0.05, 0.1) is 19.9 Å². The van der Waals surface area contributed by atoms with E-state index in [4.69, 9.17) is 21.7 Å². The third-order valence-corrected chi connectivity index (χ3v) is 4.00. The van der Waals surface area contributed by atoms with Gasteiger partial charge in [-0.3, -0.25) is 5.10 Å². The zero-order valence-electron chi connectivity index (χ0n) is 15.1. The molecule has 0 aliphatic heterocycles. The van der Waals surface area contributed by atoms with Crippen molar-refractivity contribution >= 4 is 18.4 Å². The monoisotopic (exact) mass is 362 g/mol. The molecular formula is C18H26N4O2S. The molecule has 0 atom stereocenters. The van der Waals surface area contributed by atoms with Crippen LogP contribution in [0.4, 0.5) is 0 Å². The van der Waals surface area contributed by atoms with Crippen LogP contribution < -0.4 is 9.47 Å². The lowest BCUT2D eigenvalue weighted by Crippen LogP contribution is -2.01. The van der Waals surface area contributed by atoms with Crippen LogP contribution in [0.2, 0.25) is 0 Å². The van der Waals surface area contributed by atoms with Gasteiger partial charge in [-0.2, -0.15) is 14.9 Å². The second-order valence-electron chi connectivity index (χ2n) is 5.72. The normalized spacial score (nSPS) is 11.2. The number of hydrogen-bond donors (Lipinski definition) is 1. The highest BCUT2D eigenvalue weighted by Crippen LogP contribution is 2.27. The Morgan fingerprint density at radius 3 is 2.76 bits per heavy atom. The van der Waals surface area contributed by atoms with Gasteiger partial charge in [0.15, 0.2) is 17.3 Å². The lowest BCUT2D eigenvalue weighted by atomic mass is 10.2. The molecule has 0 amide bonds. The summed E-state index contributed by atoms with van der Waals surface area (Å²) in [6.45, 7) is 4.96. The van der Waals surface area contributed by atoms with Crippen LogP contribution in [0.15, 0.2) is 23.3 Å². The minimum Gasteiger partial charge on any atom is -0.493 e. The summed E-state index contributed by atoms with van der Waals surface area (Å²) < 4.78 is 13.3. The molecule has 2 rings (SSSR count). The molecule has 136 valence electrons. The number of aromatic amines is 1. The molecule has 25 heavy (non-hydrogen) atoms. The molecule has 1 N–H and O–H groups in total. The SMILES string of the molecule is CCCCOc1ccc(/C=N\n2c(CCCC)n[nH]c2=S)cc1OC. The number of hydrogen-bond acceptors (Lipinski definition) is 5. The van der Waals surface area contributed by atoms with Crippen LogP contribution in [-0.2, 0) is 6.42 Å². The molecule has 0 saturated heterocycles. The van der Waals surface area contributed by atoms with Gasteiger partial charge in [0.1, 0.15) is 0 Å². The van der Waals surface area contributed by atoms with E-state index in [1.165, 1.54) is 0 Å². The number of H-pyrrole nitrogens is 1. The highest BCUT2D eigenvalue weighted by Gasteiger charge is 2.06. The molecule has 0 aliphatic carbocycles. The third kappa shape index (κ3) is 5.42. The molecule has 0 unspecified atom stereocenters. The van der Waals surface area contributed by atoms with E-state index in [1.54, 1.807) is 18.0 Å². The minimum absolute atomic E-state index is 0.494. The zero-order chi connectivity index (χ0) is 18.1.